The predicted molar refractivity (Wildman–Crippen MR) is 76.2 cm³/mol. The Morgan fingerprint density at radius 3 is 1.30 bits per heavy atom. The van der Waals surface area contributed by atoms with Gasteiger partial charge in [-0.1, -0.05) is 60.7 Å². The van der Waals surface area contributed by atoms with Crippen LogP contribution < -0.4 is 0 Å². The Kier molecular flexibility index (Phi) is 9.44. The minimum atomic E-state index is -1.41. The van der Waals surface area contributed by atoms with Crippen LogP contribution in [0, 0.1) is 0 Å². The highest BCUT2D eigenvalue weighted by atomic mass is 24.5. The van der Waals surface area contributed by atoms with Crippen molar-refractivity contribution in [3.8, 4) is 0 Å². The molecule has 2 rings (SSSR count). The van der Waals surface area contributed by atoms with Crippen molar-refractivity contribution in [3.05, 3.63) is 71.8 Å². The lowest BCUT2D eigenvalue weighted by Gasteiger charge is -2.00. The summed E-state index contributed by atoms with van der Waals surface area (Å²) in [5, 5.41) is 12.0. The van der Waals surface area contributed by atoms with Crippen molar-refractivity contribution in [2.75, 3.05) is 0 Å². The first-order chi connectivity index (χ1) is 9.27. The van der Waals surface area contributed by atoms with Crippen molar-refractivity contribution in [3.63, 3.8) is 0 Å². The fourth-order valence-corrected chi connectivity index (χ4v) is 2.77. The maximum atomic E-state index is 11.9. The summed E-state index contributed by atoms with van der Waals surface area (Å²) in [6.45, 7) is 0. The lowest BCUT2D eigenvalue weighted by atomic mass is 10.2. The average Bonchev–Trinajstić information content (AvgIpc) is 2.51. The van der Waals surface area contributed by atoms with E-state index in [9.17, 15) is 9.59 Å². The lowest BCUT2D eigenvalue weighted by molar-refractivity contribution is -0.176. The van der Waals surface area contributed by atoms with Crippen molar-refractivity contribution >= 4 is 28.2 Å². The van der Waals surface area contributed by atoms with E-state index in [4.69, 9.17) is 10.5 Å². The minimum Gasteiger partial charge on any atom is -0.412 e. The first-order valence-corrected chi connectivity index (χ1v) is 7.05. The summed E-state index contributed by atoms with van der Waals surface area (Å²) in [6, 6.07) is 18.0. The zero-order valence-corrected chi connectivity index (χ0v) is 12.1. The second kappa shape index (κ2) is 10.2. The van der Waals surface area contributed by atoms with Gasteiger partial charge in [-0.3, -0.25) is 10.5 Å². The molecule has 2 aromatic carbocycles. The number of hydrogen-bond acceptors (Lipinski definition) is 4. The standard InChI is InChI=1S/2C7H5O.Mg.H2O2.H2O/c2*8-6-7-4-2-1-3-5-7;;1-2;/h2*1-5H;;1-2H;1H2. The molecule has 5 nitrogen and oxygen atoms in total. The van der Waals surface area contributed by atoms with Crippen LogP contribution in [0.2, 0.25) is 0 Å². The second-order valence-corrected chi connectivity index (χ2v) is 5.39. The van der Waals surface area contributed by atoms with E-state index >= 15 is 0 Å². The third-order valence-electron chi connectivity index (χ3n) is 2.51. The molecule has 0 heterocycles. The van der Waals surface area contributed by atoms with E-state index in [1.54, 1.807) is 24.3 Å². The van der Waals surface area contributed by atoms with E-state index in [0.29, 0.717) is 11.1 Å². The van der Waals surface area contributed by atoms with Crippen molar-refractivity contribution in [1.29, 1.82) is 0 Å². The number of hydrogen-bond donors (Lipinski definition) is 2. The van der Waals surface area contributed by atoms with Gasteiger partial charge in [0.2, 0.25) is 0 Å². The Morgan fingerprint density at radius 2 is 1.00 bits per heavy atom. The molecule has 0 unspecified atom stereocenters. The van der Waals surface area contributed by atoms with E-state index in [-0.39, 0.29) is 13.3 Å². The van der Waals surface area contributed by atoms with E-state index in [0.717, 1.165) is 0 Å². The van der Waals surface area contributed by atoms with Crippen LogP contribution in [0.15, 0.2) is 60.7 Å². The first kappa shape index (κ1) is 18.4. The Morgan fingerprint density at radius 1 is 0.700 bits per heavy atom. The molecule has 2 aromatic rings. The molecule has 0 aliphatic rings. The molecule has 0 amide bonds. The highest BCUT2D eigenvalue weighted by Crippen LogP contribution is 2.03. The maximum absolute atomic E-state index is 11.9. The predicted octanol–water partition coefficient (Wildman–Crippen LogP) is 1.56. The fraction of sp³-hybridized carbons (Fsp3) is 0. The van der Waals surface area contributed by atoms with E-state index in [1.165, 1.54) is 0 Å². The topological polar surface area (TPSA) is 106 Å². The summed E-state index contributed by atoms with van der Waals surface area (Å²) < 4.78 is -0.00101. The molecule has 0 radical (unpaired) electrons. The van der Waals surface area contributed by atoms with Gasteiger partial charge in [0.05, 0.1) is 0 Å². The molecule has 0 saturated heterocycles. The Hall–Kier alpha value is -1.57. The molecule has 4 N–H and O–H groups in total. The molecule has 0 saturated carbocycles. The van der Waals surface area contributed by atoms with Crippen LogP contribution in [0.3, 0.4) is 0 Å². The average molecular weight is 287 g/mol. The highest BCUT2D eigenvalue weighted by Gasteiger charge is 2.18. The molecule has 102 valence electrons. The Labute approximate surface area is 125 Å². The number of benzene rings is 2. The van der Waals surface area contributed by atoms with Gasteiger partial charge in [-0.15, -0.1) is 0 Å². The van der Waals surface area contributed by atoms with Crippen molar-refractivity contribution in [2.24, 2.45) is 0 Å². The SMILES string of the molecule is O.O=[C]([Mg][C](=O)c1ccccc1)c1ccccc1.OO. The molecular formula is C14H14MgO5. The van der Waals surface area contributed by atoms with Crippen LogP contribution in [-0.2, 0) is 0 Å². The molecular weight excluding hydrogens is 272 g/mol. The van der Waals surface area contributed by atoms with Crippen LogP contribution in [0.25, 0.3) is 0 Å². The largest absolute Gasteiger partial charge is 0.581 e. The zero-order valence-electron chi connectivity index (χ0n) is 10.7. The molecule has 0 aliphatic heterocycles. The lowest BCUT2D eigenvalue weighted by Crippen LogP contribution is -2.20. The number of carbonyl (C=O) groups is 2. The summed E-state index contributed by atoms with van der Waals surface area (Å²) in [5.74, 6) is 0. The fourth-order valence-electron chi connectivity index (χ4n) is 1.60. The van der Waals surface area contributed by atoms with Crippen LogP contribution in [-0.4, -0.2) is 44.2 Å². The highest BCUT2D eigenvalue weighted by molar-refractivity contribution is 7.01. The quantitative estimate of drug-likeness (QED) is 0.505. The molecule has 0 aromatic heterocycles. The van der Waals surface area contributed by atoms with Gasteiger partial charge >= 0.3 is 20.4 Å². The second-order valence-electron chi connectivity index (χ2n) is 3.76. The van der Waals surface area contributed by atoms with Gasteiger partial charge in [0.25, 0.3) is 0 Å². The van der Waals surface area contributed by atoms with Gasteiger partial charge in [-0.25, -0.2) is 0 Å². The monoisotopic (exact) mass is 286 g/mol. The molecule has 0 bridgehead atoms. The van der Waals surface area contributed by atoms with Gasteiger partial charge in [-0.05, 0) is 11.1 Å². The summed E-state index contributed by atoms with van der Waals surface area (Å²) in [7, 11) is 0. The maximum Gasteiger partial charge on any atom is 0.581 e. The Balaban J connectivity index is 0.00000115. The third kappa shape index (κ3) is 5.60. The minimum absolute atomic E-state index is 0. The van der Waals surface area contributed by atoms with E-state index in [1.807, 2.05) is 36.4 Å². The number of rotatable bonds is 4. The number of carbonyl (C=O) groups excluding carboxylic acids is 2. The van der Waals surface area contributed by atoms with Gasteiger partial charge in [0.15, 0.2) is 0 Å². The van der Waals surface area contributed by atoms with Crippen LogP contribution >= 0.6 is 0 Å². The molecule has 0 fully saturated rings. The van der Waals surface area contributed by atoms with Gasteiger partial charge < -0.3 is 15.1 Å². The van der Waals surface area contributed by atoms with E-state index < -0.39 is 20.4 Å². The van der Waals surface area contributed by atoms with Crippen LogP contribution in [0.1, 0.15) is 20.7 Å². The van der Waals surface area contributed by atoms with Crippen LogP contribution in [0.4, 0.5) is 0 Å². The molecule has 0 aliphatic carbocycles. The van der Waals surface area contributed by atoms with Gasteiger partial charge in [-0.2, -0.15) is 0 Å². The summed E-state index contributed by atoms with van der Waals surface area (Å²) in [6.07, 6.45) is 0. The molecule has 20 heavy (non-hydrogen) atoms. The molecule has 0 spiro atoms. The van der Waals surface area contributed by atoms with Crippen molar-refractivity contribution in [2.45, 2.75) is 0 Å². The Bertz CT molecular complexity index is 478. The molecule has 0 atom stereocenters. The summed E-state index contributed by atoms with van der Waals surface area (Å²) in [5.41, 5.74) is 1.28. The van der Waals surface area contributed by atoms with Crippen molar-refractivity contribution < 1.29 is 25.6 Å². The van der Waals surface area contributed by atoms with Crippen molar-refractivity contribution in [1.82, 2.24) is 0 Å². The zero-order chi connectivity index (χ0) is 14.1. The summed E-state index contributed by atoms with van der Waals surface area (Å²) >= 11 is -1.41. The first-order valence-electron chi connectivity index (χ1n) is 5.64. The smallest absolute Gasteiger partial charge is 0.412 e. The van der Waals surface area contributed by atoms with E-state index in [2.05, 4.69) is 0 Å². The normalized spacial score (nSPS) is 8.30. The van der Waals surface area contributed by atoms with Gasteiger partial charge in [0.1, 0.15) is 0 Å². The molecule has 6 heteroatoms. The summed E-state index contributed by atoms with van der Waals surface area (Å²) in [4.78, 5) is 23.7. The van der Waals surface area contributed by atoms with Gasteiger partial charge in [0, 0.05) is 7.83 Å². The third-order valence-corrected chi connectivity index (χ3v) is 3.97. The van der Waals surface area contributed by atoms with Crippen LogP contribution in [0.5, 0.6) is 0 Å².